The van der Waals surface area contributed by atoms with E-state index in [1.807, 2.05) is 40.7 Å². The van der Waals surface area contributed by atoms with Crippen molar-refractivity contribution in [3.63, 3.8) is 0 Å². The quantitative estimate of drug-likeness (QED) is 0.231. The number of hydrogen-bond acceptors (Lipinski definition) is 7. The maximum Gasteiger partial charge on any atom is 0.310 e. The smallest absolute Gasteiger partial charge is 0.310 e. The molecule has 1 saturated carbocycles. The van der Waals surface area contributed by atoms with Gasteiger partial charge in [0.2, 0.25) is 5.88 Å². The number of rotatable bonds is 10. The van der Waals surface area contributed by atoms with E-state index in [9.17, 15) is 19.4 Å². The largest absolute Gasteiger partial charge is 0.493 e. The highest BCUT2D eigenvalue weighted by molar-refractivity contribution is 5.80. The van der Waals surface area contributed by atoms with Crippen LogP contribution in [0.4, 0.5) is 8.78 Å². The predicted molar refractivity (Wildman–Crippen MR) is 171 cm³/mol. The van der Waals surface area contributed by atoms with E-state index in [-0.39, 0.29) is 48.1 Å². The number of hydrogen-bond donors (Lipinski definition) is 2. The number of pyridine rings is 1. The van der Waals surface area contributed by atoms with E-state index in [1.165, 1.54) is 6.07 Å². The number of aliphatic hydroxyl groups is 2. The van der Waals surface area contributed by atoms with E-state index in [4.69, 9.17) is 14.2 Å². The van der Waals surface area contributed by atoms with E-state index in [0.717, 1.165) is 34.7 Å². The van der Waals surface area contributed by atoms with Crippen LogP contribution in [0.25, 0.3) is 11.1 Å². The summed E-state index contributed by atoms with van der Waals surface area (Å²) in [6.45, 7) is 15.7. The Bertz CT molecular complexity index is 1610. The standard InChI is InChI=1S/C37H45F2NO6/c1-19-10-23(44-18-29(36(6,7)42)37(8,9)43)11-20(2)31(19)24-13-22(27(38)15-28(24)39)17-45-30-14-21-12-25-32(26(21)16-40-30)33(25)34(41)46-35(3,4)5/h10-11,13-16,25,29,32-33,42-43H,12,17-18H2,1-9H3. The molecule has 2 N–H and O–H groups in total. The summed E-state index contributed by atoms with van der Waals surface area (Å²) in [6, 6.07) is 7.70. The zero-order valence-electron chi connectivity index (χ0n) is 28.1. The minimum absolute atomic E-state index is 0.0694. The van der Waals surface area contributed by atoms with Crippen molar-refractivity contribution in [3.05, 3.63) is 76.0 Å². The van der Waals surface area contributed by atoms with E-state index < -0.39 is 34.4 Å². The second kappa shape index (κ2) is 11.9. The SMILES string of the molecule is Cc1cc(OCC(C(C)(C)O)C(C)(C)O)cc(C)c1-c1cc(COc2cc3c(cn2)C2C(C3)C2C(=O)OC(C)(C)C)c(F)cc1F. The Labute approximate surface area is 269 Å². The first-order valence-corrected chi connectivity index (χ1v) is 15.8. The van der Waals surface area contributed by atoms with Crippen molar-refractivity contribution < 1.29 is 38.0 Å². The first-order chi connectivity index (χ1) is 21.2. The number of esters is 1. The molecule has 2 aromatic carbocycles. The van der Waals surface area contributed by atoms with Crippen LogP contribution in [0.1, 0.15) is 82.2 Å². The van der Waals surface area contributed by atoms with Gasteiger partial charge in [-0.15, -0.1) is 0 Å². The minimum Gasteiger partial charge on any atom is -0.493 e. The molecule has 3 atom stereocenters. The molecule has 3 unspecified atom stereocenters. The molecular formula is C37H45F2NO6. The highest BCUT2D eigenvalue weighted by atomic mass is 19.1. The molecule has 46 heavy (non-hydrogen) atoms. The van der Waals surface area contributed by atoms with Crippen molar-refractivity contribution in [2.45, 2.75) is 98.1 Å². The molecule has 1 fully saturated rings. The van der Waals surface area contributed by atoms with Gasteiger partial charge in [-0.2, -0.15) is 0 Å². The average Bonchev–Trinajstić information content (AvgIpc) is 3.48. The van der Waals surface area contributed by atoms with Crippen LogP contribution >= 0.6 is 0 Å². The van der Waals surface area contributed by atoms with Crippen molar-refractivity contribution in [2.75, 3.05) is 6.61 Å². The van der Waals surface area contributed by atoms with E-state index in [1.54, 1.807) is 46.0 Å². The summed E-state index contributed by atoms with van der Waals surface area (Å²) in [5.41, 5.74) is 1.67. The monoisotopic (exact) mass is 637 g/mol. The second-order valence-corrected chi connectivity index (χ2v) is 15.0. The molecule has 9 heteroatoms. The fraction of sp³-hybridized carbons (Fsp3) is 0.514. The van der Waals surface area contributed by atoms with Gasteiger partial charge in [0.15, 0.2) is 0 Å². The lowest BCUT2D eigenvalue weighted by atomic mass is 9.79. The van der Waals surface area contributed by atoms with Crippen LogP contribution < -0.4 is 9.47 Å². The number of carbonyl (C=O) groups is 1. The maximum absolute atomic E-state index is 15.2. The number of halogens is 2. The Balaban J connectivity index is 1.29. The third kappa shape index (κ3) is 7.05. The van der Waals surface area contributed by atoms with Gasteiger partial charge in [0.05, 0.1) is 23.7 Å². The molecule has 1 aromatic heterocycles. The Morgan fingerprint density at radius 3 is 2.15 bits per heavy atom. The molecule has 2 aliphatic carbocycles. The lowest BCUT2D eigenvalue weighted by Gasteiger charge is -2.37. The Morgan fingerprint density at radius 2 is 1.57 bits per heavy atom. The van der Waals surface area contributed by atoms with E-state index >= 15 is 4.39 Å². The number of aryl methyl sites for hydroxylation is 2. The predicted octanol–water partition coefficient (Wildman–Crippen LogP) is 6.99. The highest BCUT2D eigenvalue weighted by Gasteiger charge is 2.61. The molecule has 2 aliphatic rings. The molecule has 0 radical (unpaired) electrons. The molecular weight excluding hydrogens is 592 g/mol. The number of fused-ring (bicyclic) bond motifs is 3. The summed E-state index contributed by atoms with van der Waals surface area (Å²) in [6.07, 6.45) is 2.46. The summed E-state index contributed by atoms with van der Waals surface area (Å²) >= 11 is 0. The van der Waals surface area contributed by atoms with E-state index in [2.05, 4.69) is 4.98 Å². The summed E-state index contributed by atoms with van der Waals surface area (Å²) in [7, 11) is 0. The van der Waals surface area contributed by atoms with Gasteiger partial charge in [-0.05, 0) is 121 Å². The molecule has 7 nitrogen and oxygen atoms in total. The summed E-state index contributed by atoms with van der Waals surface area (Å²) in [4.78, 5) is 17.0. The van der Waals surface area contributed by atoms with Gasteiger partial charge < -0.3 is 24.4 Å². The molecule has 1 heterocycles. The molecule has 0 saturated heterocycles. The summed E-state index contributed by atoms with van der Waals surface area (Å²) < 4.78 is 47.6. The zero-order valence-corrected chi connectivity index (χ0v) is 28.1. The van der Waals surface area contributed by atoms with Gasteiger partial charge in [-0.1, -0.05) is 0 Å². The van der Waals surface area contributed by atoms with Gasteiger partial charge in [0, 0.05) is 41.3 Å². The average molecular weight is 638 g/mol. The van der Waals surface area contributed by atoms with Crippen LogP contribution in [0.15, 0.2) is 36.5 Å². The fourth-order valence-corrected chi connectivity index (χ4v) is 6.97. The second-order valence-electron chi connectivity index (χ2n) is 15.0. The van der Waals surface area contributed by atoms with Crippen LogP contribution in [0.2, 0.25) is 0 Å². The number of nitrogens with zero attached hydrogens (tertiary/aromatic N) is 1. The first kappa shape index (κ1) is 33.8. The van der Waals surface area contributed by atoms with Gasteiger partial charge >= 0.3 is 5.97 Å². The summed E-state index contributed by atoms with van der Waals surface area (Å²) in [5.74, 6) is -1.14. The van der Waals surface area contributed by atoms with Gasteiger partial charge in [0.1, 0.15) is 29.6 Å². The third-order valence-electron chi connectivity index (χ3n) is 9.07. The number of ether oxygens (including phenoxy) is 3. The lowest BCUT2D eigenvalue weighted by Crippen LogP contribution is -2.48. The molecule has 0 spiro atoms. The first-order valence-electron chi connectivity index (χ1n) is 15.8. The van der Waals surface area contributed by atoms with Crippen molar-refractivity contribution in [2.24, 2.45) is 17.8 Å². The fourth-order valence-electron chi connectivity index (χ4n) is 6.97. The number of benzene rings is 2. The molecule has 0 aliphatic heterocycles. The molecule has 0 bridgehead atoms. The minimum atomic E-state index is -1.18. The Hall–Kier alpha value is -3.56. The number of aromatic nitrogens is 1. The van der Waals surface area contributed by atoms with Crippen molar-refractivity contribution in [1.82, 2.24) is 4.98 Å². The van der Waals surface area contributed by atoms with Crippen LogP contribution in [0.5, 0.6) is 11.6 Å². The van der Waals surface area contributed by atoms with Crippen LogP contribution in [-0.2, 0) is 22.6 Å². The van der Waals surface area contributed by atoms with Crippen molar-refractivity contribution in [1.29, 1.82) is 0 Å². The topological polar surface area (TPSA) is 98.1 Å². The molecule has 248 valence electrons. The Morgan fingerprint density at radius 1 is 0.935 bits per heavy atom. The summed E-state index contributed by atoms with van der Waals surface area (Å²) in [5, 5.41) is 21.1. The molecule has 3 aromatic rings. The highest BCUT2D eigenvalue weighted by Crippen LogP contribution is 2.62. The molecule has 0 amide bonds. The van der Waals surface area contributed by atoms with Crippen LogP contribution in [0, 0.1) is 43.2 Å². The lowest BCUT2D eigenvalue weighted by molar-refractivity contribution is -0.157. The van der Waals surface area contributed by atoms with Crippen molar-refractivity contribution in [3.8, 4) is 22.8 Å². The van der Waals surface area contributed by atoms with Gasteiger partial charge in [0.25, 0.3) is 0 Å². The number of carbonyl (C=O) groups excluding carboxylic acids is 1. The normalized spacial score (nSPS) is 19.1. The van der Waals surface area contributed by atoms with Gasteiger partial charge in [-0.25, -0.2) is 13.8 Å². The van der Waals surface area contributed by atoms with Crippen LogP contribution in [0.3, 0.4) is 0 Å². The van der Waals surface area contributed by atoms with Gasteiger partial charge in [-0.3, -0.25) is 4.79 Å². The Kier molecular flexibility index (Phi) is 8.75. The third-order valence-corrected chi connectivity index (χ3v) is 9.07. The zero-order chi connectivity index (χ0) is 33.9. The molecule has 5 rings (SSSR count). The van der Waals surface area contributed by atoms with Crippen molar-refractivity contribution >= 4 is 5.97 Å². The maximum atomic E-state index is 15.2. The van der Waals surface area contributed by atoms with E-state index in [0.29, 0.717) is 17.2 Å². The van der Waals surface area contributed by atoms with Crippen LogP contribution in [-0.4, -0.2) is 44.6 Å².